The number of nitrogens with one attached hydrogen (secondary N) is 1. The van der Waals surface area contributed by atoms with E-state index in [0.717, 1.165) is 24.2 Å². The van der Waals surface area contributed by atoms with E-state index in [2.05, 4.69) is 41.4 Å². The molecule has 0 fully saturated rings. The van der Waals surface area contributed by atoms with E-state index in [1.807, 2.05) is 24.3 Å². The molecule has 24 heavy (non-hydrogen) atoms. The van der Waals surface area contributed by atoms with Gasteiger partial charge in [-0.3, -0.25) is 4.79 Å². The van der Waals surface area contributed by atoms with Crippen molar-refractivity contribution in [3.63, 3.8) is 0 Å². The lowest BCUT2D eigenvalue weighted by Crippen LogP contribution is -2.41. The van der Waals surface area contributed by atoms with Gasteiger partial charge in [0.05, 0.1) is 0 Å². The van der Waals surface area contributed by atoms with Gasteiger partial charge in [0.1, 0.15) is 0 Å². The van der Waals surface area contributed by atoms with E-state index in [-0.39, 0.29) is 5.91 Å². The summed E-state index contributed by atoms with van der Waals surface area (Å²) in [6, 6.07) is 16.5. The van der Waals surface area contributed by atoms with Crippen LogP contribution in [0.4, 0.5) is 11.4 Å². The van der Waals surface area contributed by atoms with Crippen molar-refractivity contribution in [2.45, 2.75) is 32.2 Å². The summed E-state index contributed by atoms with van der Waals surface area (Å²) in [7, 11) is 0. The zero-order chi connectivity index (χ0) is 16.9. The van der Waals surface area contributed by atoms with Gasteiger partial charge in [-0.25, -0.2) is 0 Å². The van der Waals surface area contributed by atoms with Crippen molar-refractivity contribution >= 4 is 17.3 Å². The van der Waals surface area contributed by atoms with Gasteiger partial charge in [0.15, 0.2) is 0 Å². The van der Waals surface area contributed by atoms with E-state index in [9.17, 15) is 4.79 Å². The van der Waals surface area contributed by atoms with E-state index in [4.69, 9.17) is 5.73 Å². The van der Waals surface area contributed by atoms with Crippen LogP contribution in [0.5, 0.6) is 0 Å². The highest BCUT2D eigenvalue weighted by molar-refractivity contribution is 5.76. The summed E-state index contributed by atoms with van der Waals surface area (Å²) < 4.78 is 0. The number of rotatable bonds is 6. The Morgan fingerprint density at radius 2 is 1.96 bits per heavy atom. The molecule has 2 aromatic carbocycles. The number of nitrogens with zero attached hydrogens (tertiary/aromatic N) is 1. The first-order chi connectivity index (χ1) is 11.6. The first kappa shape index (κ1) is 16.4. The first-order valence-corrected chi connectivity index (χ1v) is 8.60. The Hall–Kier alpha value is -2.49. The molecule has 0 aliphatic carbocycles. The zero-order valence-electron chi connectivity index (χ0n) is 14.2. The molecule has 4 nitrogen and oxygen atoms in total. The molecule has 3 N–H and O–H groups in total. The molecule has 0 saturated carbocycles. The second-order valence-electron chi connectivity index (χ2n) is 6.42. The third-order valence-electron chi connectivity index (χ3n) is 4.73. The highest BCUT2D eigenvalue weighted by atomic mass is 16.1. The summed E-state index contributed by atoms with van der Waals surface area (Å²) >= 11 is 0. The minimum Gasteiger partial charge on any atom is -0.399 e. The van der Waals surface area contributed by atoms with Crippen molar-refractivity contribution in [3.8, 4) is 0 Å². The maximum Gasteiger partial charge on any atom is 0.220 e. The Labute approximate surface area is 143 Å². The van der Waals surface area contributed by atoms with E-state index in [1.54, 1.807) is 0 Å². The SMILES string of the molecule is CC(CNC(=O)CCc1ccccc1N)N1CCc2ccccc21. The Morgan fingerprint density at radius 3 is 2.79 bits per heavy atom. The minimum absolute atomic E-state index is 0.0811. The second kappa shape index (κ2) is 7.39. The number of nitrogens with two attached hydrogens (primary N) is 1. The van der Waals surface area contributed by atoms with Gasteiger partial charge in [0, 0.05) is 36.9 Å². The fourth-order valence-electron chi connectivity index (χ4n) is 3.29. The fraction of sp³-hybridized carbons (Fsp3) is 0.350. The van der Waals surface area contributed by atoms with Crippen LogP contribution < -0.4 is 16.0 Å². The molecule has 0 aromatic heterocycles. The standard InChI is InChI=1S/C20H25N3O/c1-15(23-13-12-17-7-3-5-9-19(17)23)14-22-20(24)11-10-16-6-2-4-8-18(16)21/h2-9,15H,10-14,21H2,1H3,(H,22,24). The number of fused-ring (bicyclic) bond motifs is 1. The second-order valence-corrected chi connectivity index (χ2v) is 6.42. The molecule has 1 aliphatic heterocycles. The number of carbonyl (C=O) groups is 1. The number of nitrogen functional groups attached to an aromatic ring is 1. The molecule has 3 rings (SSSR count). The molecular formula is C20H25N3O. The van der Waals surface area contributed by atoms with Crippen molar-refractivity contribution in [2.75, 3.05) is 23.7 Å². The van der Waals surface area contributed by atoms with Crippen LogP contribution in [-0.2, 0) is 17.6 Å². The maximum absolute atomic E-state index is 12.1. The van der Waals surface area contributed by atoms with Gasteiger partial charge < -0.3 is 16.0 Å². The molecule has 0 radical (unpaired) electrons. The molecule has 1 heterocycles. The largest absolute Gasteiger partial charge is 0.399 e. The van der Waals surface area contributed by atoms with Gasteiger partial charge in [-0.15, -0.1) is 0 Å². The molecule has 0 spiro atoms. The maximum atomic E-state index is 12.1. The van der Waals surface area contributed by atoms with Crippen LogP contribution in [0, 0.1) is 0 Å². The van der Waals surface area contributed by atoms with Crippen molar-refractivity contribution in [1.29, 1.82) is 0 Å². The van der Waals surface area contributed by atoms with Gasteiger partial charge in [0.25, 0.3) is 0 Å². The Morgan fingerprint density at radius 1 is 1.21 bits per heavy atom. The number of benzene rings is 2. The van der Waals surface area contributed by atoms with E-state index in [1.165, 1.54) is 11.3 Å². The number of aryl methyl sites for hydroxylation is 1. The highest BCUT2D eigenvalue weighted by Crippen LogP contribution is 2.28. The molecular weight excluding hydrogens is 298 g/mol. The average Bonchev–Trinajstić information content (AvgIpc) is 3.03. The third kappa shape index (κ3) is 3.70. The van der Waals surface area contributed by atoms with Gasteiger partial charge in [-0.2, -0.15) is 0 Å². The molecule has 1 unspecified atom stereocenters. The minimum atomic E-state index is 0.0811. The third-order valence-corrected chi connectivity index (χ3v) is 4.73. The summed E-state index contributed by atoms with van der Waals surface area (Å²) in [6.07, 6.45) is 2.23. The molecule has 126 valence electrons. The zero-order valence-corrected chi connectivity index (χ0v) is 14.2. The van der Waals surface area contributed by atoms with Crippen LogP contribution in [-0.4, -0.2) is 25.0 Å². The number of anilines is 2. The van der Waals surface area contributed by atoms with E-state index >= 15 is 0 Å². The number of para-hydroxylation sites is 2. The fourth-order valence-corrected chi connectivity index (χ4v) is 3.29. The van der Waals surface area contributed by atoms with Crippen molar-refractivity contribution < 1.29 is 4.79 Å². The number of amides is 1. The quantitative estimate of drug-likeness (QED) is 0.804. The number of carbonyl (C=O) groups excluding carboxylic acids is 1. The number of hydrogen-bond acceptors (Lipinski definition) is 3. The first-order valence-electron chi connectivity index (χ1n) is 8.60. The summed E-state index contributed by atoms with van der Waals surface area (Å²) in [4.78, 5) is 14.5. The number of hydrogen-bond donors (Lipinski definition) is 2. The molecule has 1 aliphatic rings. The van der Waals surface area contributed by atoms with Crippen molar-refractivity contribution in [2.24, 2.45) is 0 Å². The van der Waals surface area contributed by atoms with Gasteiger partial charge in [-0.05, 0) is 43.0 Å². The van der Waals surface area contributed by atoms with Crippen LogP contribution in [0.2, 0.25) is 0 Å². The predicted octanol–water partition coefficient (Wildman–Crippen LogP) is 2.77. The topological polar surface area (TPSA) is 58.4 Å². The van der Waals surface area contributed by atoms with Crippen molar-refractivity contribution in [1.82, 2.24) is 5.32 Å². The lowest BCUT2D eigenvalue weighted by atomic mass is 10.1. The van der Waals surface area contributed by atoms with Crippen LogP contribution in [0.1, 0.15) is 24.5 Å². The lowest BCUT2D eigenvalue weighted by molar-refractivity contribution is -0.121. The van der Waals surface area contributed by atoms with Gasteiger partial charge in [0.2, 0.25) is 5.91 Å². The van der Waals surface area contributed by atoms with Crippen LogP contribution in [0.15, 0.2) is 48.5 Å². The molecule has 0 saturated heterocycles. The predicted molar refractivity (Wildman–Crippen MR) is 99.1 cm³/mol. The molecule has 2 aromatic rings. The lowest BCUT2D eigenvalue weighted by Gasteiger charge is -2.27. The molecule has 1 atom stereocenters. The Kier molecular flexibility index (Phi) is 5.04. The summed E-state index contributed by atoms with van der Waals surface area (Å²) in [5.41, 5.74) is 10.4. The van der Waals surface area contributed by atoms with E-state index < -0.39 is 0 Å². The van der Waals surface area contributed by atoms with Gasteiger partial charge >= 0.3 is 0 Å². The summed E-state index contributed by atoms with van der Waals surface area (Å²) in [5, 5.41) is 3.06. The summed E-state index contributed by atoms with van der Waals surface area (Å²) in [5.74, 6) is 0.0811. The summed E-state index contributed by atoms with van der Waals surface area (Å²) in [6.45, 7) is 3.85. The monoisotopic (exact) mass is 323 g/mol. The van der Waals surface area contributed by atoms with E-state index in [0.29, 0.717) is 25.4 Å². The highest BCUT2D eigenvalue weighted by Gasteiger charge is 2.22. The van der Waals surface area contributed by atoms with Gasteiger partial charge in [-0.1, -0.05) is 36.4 Å². The Bertz CT molecular complexity index is 714. The van der Waals surface area contributed by atoms with Crippen LogP contribution >= 0.6 is 0 Å². The smallest absolute Gasteiger partial charge is 0.220 e. The average molecular weight is 323 g/mol. The molecule has 4 heteroatoms. The Balaban J connectivity index is 1.47. The van der Waals surface area contributed by atoms with Crippen LogP contribution in [0.3, 0.4) is 0 Å². The van der Waals surface area contributed by atoms with Crippen LogP contribution in [0.25, 0.3) is 0 Å². The molecule has 1 amide bonds. The normalized spacial score (nSPS) is 14.3. The molecule has 0 bridgehead atoms. The van der Waals surface area contributed by atoms with Crippen molar-refractivity contribution in [3.05, 3.63) is 59.7 Å².